The van der Waals surface area contributed by atoms with E-state index in [-0.39, 0.29) is 22.5 Å². The second-order valence-electron chi connectivity index (χ2n) is 7.62. The number of benzene rings is 2. The van der Waals surface area contributed by atoms with Crippen molar-refractivity contribution in [1.29, 1.82) is 5.41 Å². The molecule has 1 aromatic heterocycles. The molecule has 1 amide bonds. The highest BCUT2D eigenvalue weighted by molar-refractivity contribution is 8.27. The quantitative estimate of drug-likeness (QED) is 0.511. The number of alkyl halides is 3. The largest absolute Gasteiger partial charge is 0.441 e. The van der Waals surface area contributed by atoms with Gasteiger partial charge in [-0.15, -0.1) is 0 Å². The summed E-state index contributed by atoms with van der Waals surface area (Å²) in [5, 5.41) is 13.3. The van der Waals surface area contributed by atoms with Gasteiger partial charge in [0.05, 0.1) is 5.57 Å². The Morgan fingerprint density at radius 2 is 1.79 bits per heavy atom. The van der Waals surface area contributed by atoms with Crippen LogP contribution in [0.25, 0.3) is 22.5 Å². The lowest BCUT2D eigenvalue weighted by Crippen LogP contribution is -2.35. The van der Waals surface area contributed by atoms with E-state index in [0.29, 0.717) is 5.56 Å². The van der Waals surface area contributed by atoms with Crippen molar-refractivity contribution in [1.82, 2.24) is 9.58 Å². The number of aryl methyl sites for hydroxylation is 1. The average Bonchev–Trinajstić information content (AvgIpc) is 3.31. The number of rotatable bonds is 2. The molecule has 0 aliphatic carbocycles. The SMILES string of the molecule is Cc1cc(/C=C2/C(=N)N3N=C(C(F)(F)F)SC3=NC2=O)c(C)n1-c1ccc2ccccc2c1. The molecule has 0 radical (unpaired) electrons. The first-order valence-electron chi connectivity index (χ1n) is 9.89. The molecule has 2 aromatic carbocycles. The van der Waals surface area contributed by atoms with Crippen LogP contribution in [0.15, 0.2) is 64.2 Å². The van der Waals surface area contributed by atoms with Crippen LogP contribution in [0.3, 0.4) is 0 Å². The molecular formula is C23H16F3N5OS. The number of aliphatic imine (C=N–C) groups is 1. The molecule has 3 aromatic rings. The summed E-state index contributed by atoms with van der Waals surface area (Å²) in [7, 11) is 0. The number of halogens is 3. The van der Waals surface area contributed by atoms with Gasteiger partial charge in [0.1, 0.15) is 0 Å². The first kappa shape index (κ1) is 21.2. The zero-order chi connectivity index (χ0) is 23.5. The number of carbonyl (C=O) groups is 1. The maximum atomic E-state index is 13.0. The molecule has 10 heteroatoms. The number of nitrogens with one attached hydrogen (secondary N) is 1. The summed E-state index contributed by atoms with van der Waals surface area (Å²) in [6.45, 7) is 3.80. The van der Waals surface area contributed by atoms with Gasteiger partial charge in [-0.25, -0.2) is 0 Å². The summed E-state index contributed by atoms with van der Waals surface area (Å²) < 4.78 is 41.1. The van der Waals surface area contributed by atoms with Crippen molar-refractivity contribution in [2.75, 3.05) is 0 Å². The van der Waals surface area contributed by atoms with Crippen LogP contribution >= 0.6 is 11.8 Å². The van der Waals surface area contributed by atoms with Gasteiger partial charge in [0.25, 0.3) is 5.91 Å². The molecule has 0 fully saturated rings. The van der Waals surface area contributed by atoms with Gasteiger partial charge >= 0.3 is 6.18 Å². The second kappa shape index (κ2) is 7.45. The van der Waals surface area contributed by atoms with Gasteiger partial charge in [-0.1, -0.05) is 30.3 Å². The Hall–Kier alpha value is -3.66. The number of hydrogen-bond donors (Lipinski definition) is 1. The molecule has 3 heterocycles. The zero-order valence-electron chi connectivity index (χ0n) is 17.4. The molecule has 0 saturated carbocycles. The van der Waals surface area contributed by atoms with Crippen LogP contribution in [-0.2, 0) is 4.79 Å². The third-order valence-corrected chi connectivity index (χ3v) is 6.41. The summed E-state index contributed by atoms with van der Waals surface area (Å²) >= 11 is 0.233. The van der Waals surface area contributed by atoms with E-state index in [4.69, 9.17) is 5.41 Å². The number of hydrazone groups is 1. The first-order valence-corrected chi connectivity index (χ1v) is 10.7. The second-order valence-corrected chi connectivity index (χ2v) is 8.57. The molecule has 0 spiro atoms. The number of thioether (sulfide) groups is 1. The number of nitrogens with zero attached hydrogens (tertiary/aromatic N) is 4. The molecular weight excluding hydrogens is 451 g/mol. The summed E-state index contributed by atoms with van der Waals surface area (Å²) in [6, 6.07) is 15.9. The van der Waals surface area contributed by atoms with E-state index in [9.17, 15) is 18.0 Å². The number of amides is 1. The average molecular weight is 467 g/mol. The van der Waals surface area contributed by atoms with Crippen molar-refractivity contribution in [2.45, 2.75) is 20.0 Å². The Balaban J connectivity index is 1.55. The van der Waals surface area contributed by atoms with Crippen molar-refractivity contribution < 1.29 is 18.0 Å². The van der Waals surface area contributed by atoms with Crippen LogP contribution in [0.2, 0.25) is 0 Å². The molecule has 5 rings (SSSR count). The van der Waals surface area contributed by atoms with Crippen LogP contribution in [0, 0.1) is 19.3 Å². The zero-order valence-corrected chi connectivity index (χ0v) is 18.3. The molecule has 6 nitrogen and oxygen atoms in total. The lowest BCUT2D eigenvalue weighted by atomic mass is 10.1. The number of carbonyl (C=O) groups excluding carboxylic acids is 1. The minimum absolute atomic E-state index is 0.120. The van der Waals surface area contributed by atoms with Crippen LogP contribution < -0.4 is 0 Å². The predicted octanol–water partition coefficient (Wildman–Crippen LogP) is 5.43. The fourth-order valence-electron chi connectivity index (χ4n) is 3.91. The molecule has 33 heavy (non-hydrogen) atoms. The lowest BCUT2D eigenvalue weighted by Gasteiger charge is -2.20. The van der Waals surface area contributed by atoms with Crippen molar-refractivity contribution in [2.24, 2.45) is 10.1 Å². The molecule has 0 atom stereocenters. The van der Waals surface area contributed by atoms with E-state index in [1.807, 2.05) is 60.9 Å². The Bertz CT molecular complexity index is 1450. The standard InChI is InChI=1S/C23H16F3N5OS/c1-12-9-16(13(2)30(12)17-8-7-14-5-3-4-6-15(14)10-17)11-18-19(27)31-22(28-20(18)32)33-21(29-31)23(24,25)26/h3-11,27H,1-2H3/b18-11-,27-19?. The Labute approximate surface area is 190 Å². The summed E-state index contributed by atoms with van der Waals surface area (Å²) in [4.78, 5) is 16.3. The molecule has 2 aliphatic heterocycles. The van der Waals surface area contributed by atoms with Crippen molar-refractivity contribution in [3.8, 4) is 5.69 Å². The van der Waals surface area contributed by atoms with E-state index in [1.165, 1.54) is 6.08 Å². The smallest absolute Gasteiger partial charge is 0.318 e. The molecule has 0 saturated heterocycles. The van der Waals surface area contributed by atoms with Gasteiger partial charge in [0.15, 0.2) is 5.84 Å². The van der Waals surface area contributed by atoms with E-state index in [0.717, 1.165) is 32.9 Å². The van der Waals surface area contributed by atoms with Crippen LogP contribution in [0.1, 0.15) is 17.0 Å². The third-order valence-electron chi connectivity index (χ3n) is 5.46. The van der Waals surface area contributed by atoms with Gasteiger partial charge in [-0.05, 0) is 66.2 Å². The minimum Gasteiger partial charge on any atom is -0.318 e. The van der Waals surface area contributed by atoms with E-state index < -0.39 is 23.0 Å². The molecule has 0 unspecified atom stereocenters. The topological polar surface area (TPSA) is 73.8 Å². The van der Waals surface area contributed by atoms with E-state index in [2.05, 4.69) is 16.2 Å². The molecule has 166 valence electrons. The molecule has 1 N–H and O–H groups in total. The Kier molecular flexibility index (Phi) is 4.78. The van der Waals surface area contributed by atoms with E-state index in [1.54, 1.807) is 0 Å². The Morgan fingerprint density at radius 1 is 1.06 bits per heavy atom. The molecule has 2 aliphatic rings. The highest BCUT2D eigenvalue weighted by atomic mass is 32.2. The summed E-state index contributed by atoms with van der Waals surface area (Å²) in [5.41, 5.74) is 3.21. The van der Waals surface area contributed by atoms with Gasteiger partial charge in [-0.3, -0.25) is 10.2 Å². The van der Waals surface area contributed by atoms with Crippen LogP contribution in [0.4, 0.5) is 13.2 Å². The highest BCUT2D eigenvalue weighted by Crippen LogP contribution is 2.35. The summed E-state index contributed by atoms with van der Waals surface area (Å²) in [6.07, 6.45) is -3.20. The maximum absolute atomic E-state index is 13.0. The van der Waals surface area contributed by atoms with Crippen molar-refractivity contribution in [3.05, 3.63) is 71.1 Å². The first-order chi connectivity index (χ1) is 15.6. The fraction of sp³-hybridized carbons (Fsp3) is 0.130. The normalized spacial score (nSPS) is 17.6. The lowest BCUT2D eigenvalue weighted by molar-refractivity contribution is -0.114. The monoisotopic (exact) mass is 467 g/mol. The van der Waals surface area contributed by atoms with Gasteiger partial charge < -0.3 is 4.57 Å². The van der Waals surface area contributed by atoms with Gasteiger partial charge in [0, 0.05) is 17.1 Å². The molecule has 0 bridgehead atoms. The summed E-state index contributed by atoms with van der Waals surface area (Å²) in [5.74, 6) is -1.21. The maximum Gasteiger partial charge on any atom is 0.441 e. The fourth-order valence-corrected chi connectivity index (χ4v) is 4.67. The number of fused-ring (bicyclic) bond motifs is 2. The van der Waals surface area contributed by atoms with Gasteiger partial charge in [-0.2, -0.15) is 28.3 Å². The number of amidine groups is 2. The third kappa shape index (κ3) is 3.56. The highest BCUT2D eigenvalue weighted by Gasteiger charge is 2.46. The number of aromatic nitrogens is 1. The van der Waals surface area contributed by atoms with Crippen LogP contribution in [-0.4, -0.2) is 37.7 Å². The van der Waals surface area contributed by atoms with Gasteiger partial charge in [0.2, 0.25) is 10.2 Å². The Morgan fingerprint density at radius 3 is 2.52 bits per heavy atom. The predicted molar refractivity (Wildman–Crippen MR) is 124 cm³/mol. The van der Waals surface area contributed by atoms with E-state index >= 15 is 0 Å². The van der Waals surface area contributed by atoms with Crippen LogP contribution in [0.5, 0.6) is 0 Å². The minimum atomic E-state index is -4.68. The number of hydrogen-bond acceptors (Lipinski definition) is 4. The van der Waals surface area contributed by atoms with Crippen molar-refractivity contribution >= 4 is 50.6 Å². The van der Waals surface area contributed by atoms with Crippen molar-refractivity contribution in [3.63, 3.8) is 0 Å².